The third kappa shape index (κ3) is 4.38. The van der Waals surface area contributed by atoms with Crippen molar-refractivity contribution in [3.8, 4) is 22.5 Å². The summed E-state index contributed by atoms with van der Waals surface area (Å²) in [5, 5.41) is 16.9. The van der Waals surface area contributed by atoms with E-state index >= 15 is 0 Å². The Balaban J connectivity index is 2.06. The van der Waals surface area contributed by atoms with Gasteiger partial charge in [-0.2, -0.15) is 5.21 Å². The van der Waals surface area contributed by atoms with Gasteiger partial charge in [0.15, 0.2) is 0 Å². The van der Waals surface area contributed by atoms with Gasteiger partial charge in [0.1, 0.15) is 6.04 Å². The highest BCUT2D eigenvalue weighted by Crippen LogP contribution is 2.29. The number of rotatable bonds is 7. The largest absolute Gasteiger partial charge is 0.468 e. The van der Waals surface area contributed by atoms with Crippen LogP contribution < -0.4 is 5.32 Å². The predicted octanol–water partition coefficient (Wildman–Crippen LogP) is 2.82. The Labute approximate surface area is 163 Å². The molecular weight excluding hydrogens is 342 g/mol. The lowest BCUT2D eigenvalue weighted by Crippen LogP contribution is -2.41. The zero-order valence-corrected chi connectivity index (χ0v) is 15.3. The number of esters is 1. The molecule has 27 heavy (non-hydrogen) atoms. The molecule has 3 rings (SSSR count). The lowest BCUT2D eigenvalue weighted by atomic mass is 9.98. The van der Waals surface area contributed by atoms with E-state index in [2.05, 4.69) is 25.9 Å². The number of carbonyl (C=O) groups is 1. The van der Waals surface area contributed by atoms with Crippen molar-refractivity contribution in [1.29, 1.82) is 0 Å². The van der Waals surface area contributed by atoms with E-state index in [-0.39, 0.29) is 53.6 Å². The molecule has 0 aliphatic rings. The molecule has 0 aliphatic heterocycles. The van der Waals surface area contributed by atoms with E-state index in [1.54, 1.807) is 24.3 Å². The smallest absolute Gasteiger partial charge is 0.323 e. The fraction of sp³-hybridized carbons (Fsp3) is 0.300. The van der Waals surface area contributed by atoms with Crippen LogP contribution in [-0.2, 0) is 16.1 Å². The summed E-state index contributed by atoms with van der Waals surface area (Å²) in [4.78, 5) is 12.0. The van der Waals surface area contributed by atoms with Crippen molar-refractivity contribution in [3.63, 3.8) is 0 Å². The van der Waals surface area contributed by atoms with Gasteiger partial charge in [-0.3, -0.25) is 4.79 Å². The van der Waals surface area contributed by atoms with Gasteiger partial charge in [0.2, 0.25) is 5.82 Å². The summed E-state index contributed by atoms with van der Waals surface area (Å²) in [6.07, 6.45) is 0. The van der Waals surface area contributed by atoms with E-state index in [0.717, 1.165) is 0 Å². The molecule has 0 amide bonds. The molecule has 0 saturated carbocycles. The first-order valence-corrected chi connectivity index (χ1v) is 8.51. The van der Waals surface area contributed by atoms with Crippen molar-refractivity contribution in [2.24, 2.45) is 5.92 Å². The lowest BCUT2D eigenvalue weighted by Gasteiger charge is -2.20. The first-order chi connectivity index (χ1) is 14.8. The third-order valence-corrected chi connectivity index (χ3v) is 4.08. The minimum atomic E-state index is -0.634. The minimum Gasteiger partial charge on any atom is -0.468 e. The number of hydrogen-bond acceptors (Lipinski definition) is 6. The quantitative estimate of drug-likeness (QED) is 0.622. The Hall–Kier alpha value is -3.06. The van der Waals surface area contributed by atoms with Gasteiger partial charge in [-0.25, -0.2) is 0 Å². The molecule has 1 heterocycles. The zero-order chi connectivity index (χ0) is 22.7. The van der Waals surface area contributed by atoms with Crippen LogP contribution in [0.1, 0.15) is 24.9 Å². The summed E-state index contributed by atoms with van der Waals surface area (Å²) in [6, 6.07) is 5.56. The fourth-order valence-corrected chi connectivity index (χ4v) is 2.66. The van der Waals surface area contributed by atoms with Gasteiger partial charge >= 0.3 is 5.97 Å². The van der Waals surface area contributed by atoms with Crippen molar-refractivity contribution in [3.05, 3.63) is 54.0 Å². The summed E-state index contributed by atoms with van der Waals surface area (Å²) < 4.78 is 38.9. The average molecular weight is 369 g/mol. The molecule has 0 spiro atoms. The number of tetrazole rings is 1. The van der Waals surface area contributed by atoms with Crippen LogP contribution in [0.2, 0.25) is 0 Å². The van der Waals surface area contributed by atoms with Crippen LogP contribution in [-0.4, -0.2) is 39.7 Å². The number of ether oxygens (including phenoxy) is 1. The number of carbonyl (C=O) groups excluding carboxylic acids is 1. The zero-order valence-electron chi connectivity index (χ0n) is 19.3. The van der Waals surface area contributed by atoms with E-state index in [0.29, 0.717) is 11.1 Å². The number of nitrogens with one attached hydrogen (secondary N) is 2. The second kappa shape index (κ2) is 8.55. The van der Waals surface area contributed by atoms with Gasteiger partial charge in [-0.15, -0.1) is 10.2 Å². The number of H-pyrrole nitrogens is 1. The number of aromatic nitrogens is 4. The average Bonchev–Trinajstić information content (AvgIpc) is 3.29. The molecule has 1 atom stereocenters. The third-order valence-electron chi connectivity index (χ3n) is 4.08. The molecular formula is C20H23N5O2. The van der Waals surface area contributed by atoms with Crippen molar-refractivity contribution >= 4 is 5.97 Å². The van der Waals surface area contributed by atoms with Crippen LogP contribution in [0.4, 0.5) is 0 Å². The fourth-order valence-electron chi connectivity index (χ4n) is 2.66. The number of methoxy groups -OCH3 is 1. The summed E-state index contributed by atoms with van der Waals surface area (Å²) in [6.45, 7) is 3.68. The van der Waals surface area contributed by atoms with E-state index in [1.165, 1.54) is 7.11 Å². The number of aromatic amines is 1. The van der Waals surface area contributed by atoms with Crippen molar-refractivity contribution in [1.82, 2.24) is 25.9 Å². The first kappa shape index (κ1) is 14.1. The molecule has 3 aromatic rings. The topological polar surface area (TPSA) is 92.8 Å². The van der Waals surface area contributed by atoms with Gasteiger partial charge < -0.3 is 10.1 Å². The molecule has 0 bridgehead atoms. The summed E-state index contributed by atoms with van der Waals surface area (Å²) >= 11 is 0. The van der Waals surface area contributed by atoms with E-state index in [9.17, 15) is 4.79 Å². The molecule has 0 radical (unpaired) electrons. The second-order valence-corrected chi connectivity index (χ2v) is 6.26. The standard InChI is InChI=1S/C20H23N5O2/c1-13(2)18(20(26)27-3)21-12-14-8-10-15(11-9-14)16-6-4-5-7-17(16)19-22-24-25-23-19/h4-11,13,18,21H,12H2,1-3H3,(H,22,23,24,25)/t18-/m0/s1/i8D,9D,10D,11D. The van der Waals surface area contributed by atoms with Crippen LogP contribution in [0.15, 0.2) is 48.4 Å². The lowest BCUT2D eigenvalue weighted by molar-refractivity contribution is -0.144. The number of nitrogens with zero attached hydrogens (tertiary/aromatic N) is 3. The summed E-state index contributed by atoms with van der Waals surface area (Å²) in [7, 11) is 1.30. The van der Waals surface area contributed by atoms with Crippen LogP contribution in [0.5, 0.6) is 0 Å². The molecule has 0 aliphatic carbocycles. The van der Waals surface area contributed by atoms with Crippen molar-refractivity contribution in [2.45, 2.75) is 26.4 Å². The Morgan fingerprint density at radius 1 is 1.22 bits per heavy atom. The van der Waals surface area contributed by atoms with Crippen molar-refractivity contribution in [2.75, 3.05) is 7.11 Å². The monoisotopic (exact) mass is 369 g/mol. The van der Waals surface area contributed by atoms with Gasteiger partial charge in [0.05, 0.1) is 12.6 Å². The molecule has 7 heteroatoms. The van der Waals surface area contributed by atoms with E-state index < -0.39 is 12.0 Å². The minimum absolute atomic E-state index is 0.0137. The molecule has 0 fully saturated rings. The Bertz CT molecular complexity index is 1060. The molecule has 0 unspecified atom stereocenters. The molecule has 2 aromatic carbocycles. The number of benzene rings is 2. The summed E-state index contributed by atoms with van der Waals surface area (Å²) in [5.74, 6) is -0.241. The number of hydrogen-bond donors (Lipinski definition) is 2. The first-order valence-electron chi connectivity index (χ1n) is 10.5. The Kier molecular flexibility index (Phi) is 4.45. The molecule has 7 nitrogen and oxygen atoms in total. The second-order valence-electron chi connectivity index (χ2n) is 6.26. The van der Waals surface area contributed by atoms with Crippen molar-refractivity contribution < 1.29 is 15.0 Å². The maximum Gasteiger partial charge on any atom is 0.323 e. The highest BCUT2D eigenvalue weighted by atomic mass is 16.5. The van der Waals surface area contributed by atoms with E-state index in [4.69, 9.17) is 10.2 Å². The van der Waals surface area contributed by atoms with Crippen LogP contribution >= 0.6 is 0 Å². The normalized spacial score (nSPS) is 14.2. The Morgan fingerprint density at radius 3 is 2.52 bits per heavy atom. The van der Waals surface area contributed by atoms with Gasteiger partial charge in [-0.1, -0.05) is 62.3 Å². The van der Waals surface area contributed by atoms with Gasteiger partial charge in [0, 0.05) is 12.1 Å². The molecule has 1 aromatic heterocycles. The van der Waals surface area contributed by atoms with Gasteiger partial charge in [-0.05, 0) is 27.8 Å². The SMILES string of the molecule is [2H]c1c([2H])c(-c2ccccc2-c2nn[nH]n2)c([2H])c([2H])c1CN[C@H](C(=O)OC)C(C)C. The van der Waals surface area contributed by atoms with E-state index in [1.807, 2.05) is 13.8 Å². The van der Waals surface area contributed by atoms with Crippen LogP contribution in [0, 0.1) is 5.92 Å². The summed E-state index contributed by atoms with van der Waals surface area (Å²) in [5.41, 5.74) is 1.32. The molecule has 0 saturated heterocycles. The maximum absolute atomic E-state index is 12.0. The predicted molar refractivity (Wildman–Crippen MR) is 103 cm³/mol. The molecule has 2 N–H and O–H groups in total. The molecule has 140 valence electrons. The highest BCUT2D eigenvalue weighted by Gasteiger charge is 2.22. The Morgan fingerprint density at radius 2 is 1.93 bits per heavy atom. The van der Waals surface area contributed by atoms with Crippen LogP contribution in [0.25, 0.3) is 22.5 Å². The van der Waals surface area contributed by atoms with Crippen LogP contribution in [0.3, 0.4) is 0 Å². The highest BCUT2D eigenvalue weighted by molar-refractivity contribution is 5.80. The maximum atomic E-state index is 12.0. The van der Waals surface area contributed by atoms with Gasteiger partial charge in [0.25, 0.3) is 0 Å².